The van der Waals surface area contributed by atoms with Gasteiger partial charge in [-0.1, -0.05) is 146 Å². The van der Waals surface area contributed by atoms with Crippen molar-refractivity contribution in [3.63, 3.8) is 0 Å². The molecule has 68 heavy (non-hydrogen) atoms. The summed E-state index contributed by atoms with van der Waals surface area (Å²) in [6.45, 7) is 0. The number of para-hydroxylation sites is 4. The second-order valence-electron chi connectivity index (χ2n) is 18.1. The molecule has 0 atom stereocenters. The van der Waals surface area contributed by atoms with Crippen molar-refractivity contribution in [1.82, 2.24) is 0 Å². The fourth-order valence-electron chi connectivity index (χ4n) is 12.0. The van der Waals surface area contributed by atoms with Crippen LogP contribution >= 0.6 is 0 Å². The average Bonchev–Trinajstić information content (AvgIpc) is 3.89. The number of fused-ring (bicyclic) bond motifs is 10. The van der Waals surface area contributed by atoms with Gasteiger partial charge in [0.15, 0.2) is 0 Å². The van der Waals surface area contributed by atoms with Gasteiger partial charge < -0.3 is 9.80 Å². The van der Waals surface area contributed by atoms with Crippen LogP contribution in [0.15, 0.2) is 218 Å². The van der Waals surface area contributed by atoms with Crippen molar-refractivity contribution in [2.45, 2.75) is 0 Å². The molecule has 0 aliphatic heterocycles. The van der Waals surface area contributed by atoms with Crippen molar-refractivity contribution in [1.29, 1.82) is 0 Å². The average molecular weight is 871 g/mol. The Morgan fingerprint density at radius 3 is 1.09 bits per heavy atom. The normalized spacial score (nSPS) is 12.3. The minimum atomic E-state index is -0.214. The van der Waals surface area contributed by atoms with E-state index in [9.17, 15) is 0 Å². The Labute approximate surface area is 390 Å². The topological polar surface area (TPSA) is 6.48 Å². The number of halogens is 2. The van der Waals surface area contributed by atoms with Crippen LogP contribution in [0.5, 0.6) is 0 Å². The summed E-state index contributed by atoms with van der Waals surface area (Å²) in [5, 5.41) is 11.3. The van der Waals surface area contributed by atoms with Gasteiger partial charge in [0.25, 0.3) is 0 Å². The highest BCUT2D eigenvalue weighted by Gasteiger charge is 2.36. The molecule has 0 unspecified atom stereocenters. The van der Waals surface area contributed by atoms with E-state index in [1.54, 1.807) is 0 Å². The van der Waals surface area contributed by atoms with E-state index in [0.717, 1.165) is 121 Å². The van der Waals surface area contributed by atoms with Crippen LogP contribution in [0, 0.1) is 11.6 Å². The zero-order valence-corrected chi connectivity index (χ0v) is 36.4. The second-order valence-corrected chi connectivity index (χ2v) is 18.1. The molecule has 316 valence electrons. The molecule has 0 saturated carbocycles. The third-order valence-corrected chi connectivity index (χ3v) is 14.7. The van der Waals surface area contributed by atoms with Crippen LogP contribution < -0.4 is 9.80 Å². The maximum absolute atomic E-state index is 17.6. The monoisotopic (exact) mass is 870 g/mol. The molecule has 0 aromatic heterocycles. The summed E-state index contributed by atoms with van der Waals surface area (Å²) in [6.07, 6.45) is 0. The van der Waals surface area contributed by atoms with Gasteiger partial charge >= 0.3 is 0 Å². The van der Waals surface area contributed by atoms with Gasteiger partial charge in [-0.2, -0.15) is 0 Å². The second kappa shape index (κ2) is 13.8. The summed E-state index contributed by atoms with van der Waals surface area (Å²) in [5.74, 6) is -0.421. The molecule has 0 amide bonds. The molecule has 2 aliphatic carbocycles. The number of hydrogen-bond acceptors (Lipinski definition) is 2. The number of benzene rings is 13. The Balaban J connectivity index is 1.20. The third-order valence-electron chi connectivity index (χ3n) is 14.7. The lowest BCUT2D eigenvalue weighted by Crippen LogP contribution is -2.12. The third kappa shape index (κ3) is 4.93. The first kappa shape index (κ1) is 37.4. The molecule has 0 bridgehead atoms. The summed E-state index contributed by atoms with van der Waals surface area (Å²) < 4.78 is 35.1. The fourth-order valence-corrected chi connectivity index (χ4v) is 12.0. The summed E-state index contributed by atoms with van der Waals surface area (Å²) in [4.78, 5) is 4.68. The van der Waals surface area contributed by atoms with Gasteiger partial charge in [0.1, 0.15) is 11.6 Å². The molecule has 2 aliphatic rings. The molecule has 4 heteroatoms. The molecule has 0 spiro atoms. The summed E-state index contributed by atoms with van der Waals surface area (Å²) in [5.41, 5.74) is 12.7. The highest BCUT2D eigenvalue weighted by Crippen LogP contribution is 2.62. The summed E-state index contributed by atoms with van der Waals surface area (Å²) in [7, 11) is 0. The SMILES string of the molecule is Fc1c2c(cc3ccccc13)-c1cc(N(c3ccccc3)c3ccccc3)c3c4ccc5c6c(cc(N(c7ccccc7)c7ccccc7)c(c7ccc-2c1c73)c64)-c1c-5cc2ccccc2c1F. The Morgan fingerprint density at radius 2 is 0.618 bits per heavy atom. The highest BCUT2D eigenvalue weighted by atomic mass is 19.1. The minimum Gasteiger partial charge on any atom is -0.310 e. The molecule has 0 N–H and O–H groups in total. The van der Waals surface area contributed by atoms with Crippen LogP contribution in [-0.4, -0.2) is 0 Å². The molecule has 0 fully saturated rings. The van der Waals surface area contributed by atoms with Crippen LogP contribution in [0.4, 0.5) is 42.9 Å². The van der Waals surface area contributed by atoms with Gasteiger partial charge in [0.05, 0.1) is 11.4 Å². The van der Waals surface area contributed by atoms with Crippen molar-refractivity contribution in [3.8, 4) is 44.5 Å². The molecule has 15 rings (SSSR count). The van der Waals surface area contributed by atoms with E-state index in [2.05, 4.69) is 155 Å². The molecule has 0 saturated heterocycles. The largest absolute Gasteiger partial charge is 0.310 e. The van der Waals surface area contributed by atoms with E-state index in [1.165, 1.54) is 0 Å². The fraction of sp³-hybridized carbons (Fsp3) is 0. The number of rotatable bonds is 6. The van der Waals surface area contributed by atoms with Crippen molar-refractivity contribution in [3.05, 3.63) is 230 Å². The molecule has 13 aromatic carbocycles. The molecular weight excluding hydrogens is 835 g/mol. The first-order valence-electron chi connectivity index (χ1n) is 23.1. The van der Waals surface area contributed by atoms with E-state index in [-0.39, 0.29) is 11.6 Å². The van der Waals surface area contributed by atoms with E-state index >= 15 is 8.78 Å². The Hall–Kier alpha value is -8.86. The van der Waals surface area contributed by atoms with Crippen molar-refractivity contribution >= 4 is 98.8 Å². The van der Waals surface area contributed by atoms with Crippen molar-refractivity contribution in [2.75, 3.05) is 9.80 Å². The number of anilines is 6. The van der Waals surface area contributed by atoms with Gasteiger partial charge in [0, 0.05) is 66.2 Å². The van der Waals surface area contributed by atoms with Gasteiger partial charge in [-0.05, 0) is 138 Å². The van der Waals surface area contributed by atoms with Crippen LogP contribution in [-0.2, 0) is 0 Å². The molecular formula is C64H36F2N2. The highest BCUT2D eigenvalue weighted by molar-refractivity contribution is 6.44. The predicted molar refractivity (Wildman–Crippen MR) is 281 cm³/mol. The summed E-state index contributed by atoms with van der Waals surface area (Å²) in [6, 6.07) is 75.3. The van der Waals surface area contributed by atoms with Gasteiger partial charge in [-0.15, -0.1) is 0 Å². The first-order valence-corrected chi connectivity index (χ1v) is 23.1. The molecule has 0 heterocycles. The van der Waals surface area contributed by atoms with E-state index in [1.807, 2.05) is 72.8 Å². The molecule has 2 nitrogen and oxygen atoms in total. The lowest BCUT2D eigenvalue weighted by Gasteiger charge is -2.31. The zero-order chi connectivity index (χ0) is 44.8. The summed E-state index contributed by atoms with van der Waals surface area (Å²) >= 11 is 0. The van der Waals surface area contributed by atoms with Crippen molar-refractivity contribution in [2.24, 2.45) is 0 Å². The first-order chi connectivity index (χ1) is 33.6. The Bertz CT molecular complexity index is 4160. The lowest BCUT2D eigenvalue weighted by atomic mass is 9.84. The Kier molecular flexibility index (Phi) is 7.60. The maximum atomic E-state index is 17.6. The minimum absolute atomic E-state index is 0.207. The van der Waals surface area contributed by atoms with Gasteiger partial charge in [-0.25, -0.2) is 8.78 Å². The quantitative estimate of drug-likeness (QED) is 0.121. The van der Waals surface area contributed by atoms with Crippen LogP contribution in [0.25, 0.3) is 109 Å². The van der Waals surface area contributed by atoms with Gasteiger partial charge in [0.2, 0.25) is 0 Å². The number of hydrogen-bond donors (Lipinski definition) is 0. The lowest BCUT2D eigenvalue weighted by molar-refractivity contribution is 0.643. The molecule has 13 aromatic rings. The molecule has 0 radical (unpaired) electrons. The Morgan fingerprint density at radius 1 is 0.250 bits per heavy atom. The van der Waals surface area contributed by atoms with Crippen LogP contribution in [0.2, 0.25) is 0 Å². The van der Waals surface area contributed by atoms with Crippen molar-refractivity contribution < 1.29 is 8.78 Å². The van der Waals surface area contributed by atoms with E-state index in [4.69, 9.17) is 0 Å². The zero-order valence-electron chi connectivity index (χ0n) is 36.4. The van der Waals surface area contributed by atoms with E-state index < -0.39 is 0 Å². The van der Waals surface area contributed by atoms with E-state index in [0.29, 0.717) is 21.9 Å². The predicted octanol–water partition coefficient (Wildman–Crippen LogP) is 18.6. The standard InChI is InChI=1S/C64H36F2N2/c65-63-43-27-15-14-18-38(43)34-50-51-35-53(67(39-19-5-1-6-20-39)40-21-7-2-8-22-40)59-47-30-29-45-49-33-37-17-13-16-28-44(37)64(66)58(49)52-36-54(68(41-23-9-3-10-24-41)42-25-11-4-12-26-42)60(61(47)55(45)52)48-32-31-46(57(50)63)56(51)62(48)59/h1-36H. The van der Waals surface area contributed by atoms with Crippen LogP contribution in [0.3, 0.4) is 0 Å². The number of nitrogens with zero attached hydrogens (tertiary/aromatic N) is 2. The van der Waals surface area contributed by atoms with Crippen LogP contribution in [0.1, 0.15) is 0 Å². The van der Waals surface area contributed by atoms with Gasteiger partial charge in [-0.3, -0.25) is 0 Å². The smallest absolute Gasteiger partial charge is 0.139 e. The maximum Gasteiger partial charge on any atom is 0.139 e.